The lowest BCUT2D eigenvalue weighted by molar-refractivity contribution is 0.391. The van der Waals surface area contributed by atoms with Gasteiger partial charge in [-0.05, 0) is 24.5 Å². The van der Waals surface area contributed by atoms with Crippen molar-refractivity contribution in [1.29, 1.82) is 0 Å². The van der Waals surface area contributed by atoms with Crippen molar-refractivity contribution in [3.8, 4) is 11.5 Å². The van der Waals surface area contributed by atoms with Gasteiger partial charge in [0.1, 0.15) is 11.5 Å². The van der Waals surface area contributed by atoms with Gasteiger partial charge in [0.05, 0.1) is 20.4 Å². The Bertz CT molecular complexity index is 537. The summed E-state index contributed by atoms with van der Waals surface area (Å²) in [5.74, 6) is 2.45. The lowest BCUT2D eigenvalue weighted by Crippen LogP contribution is -1.97. The van der Waals surface area contributed by atoms with Gasteiger partial charge in [-0.15, -0.1) is 0 Å². The molecule has 0 radical (unpaired) electrons. The van der Waals surface area contributed by atoms with Crippen molar-refractivity contribution < 1.29 is 9.47 Å². The van der Waals surface area contributed by atoms with Gasteiger partial charge in [-0.25, -0.2) is 4.98 Å². The Labute approximate surface area is 113 Å². The van der Waals surface area contributed by atoms with Gasteiger partial charge in [0, 0.05) is 18.8 Å². The zero-order valence-corrected chi connectivity index (χ0v) is 11.5. The number of benzene rings is 1. The van der Waals surface area contributed by atoms with E-state index in [9.17, 15) is 0 Å². The average molecular weight is 261 g/mol. The number of ether oxygens (including phenoxy) is 2. The number of nitrogens with one attached hydrogen (secondary N) is 2. The summed E-state index contributed by atoms with van der Waals surface area (Å²) in [5.41, 5.74) is 2.26. The van der Waals surface area contributed by atoms with Crippen molar-refractivity contribution in [3.63, 3.8) is 0 Å². The molecule has 102 valence electrons. The highest BCUT2D eigenvalue weighted by atomic mass is 16.5. The normalized spacial score (nSPS) is 10.3. The van der Waals surface area contributed by atoms with Gasteiger partial charge in [0.25, 0.3) is 0 Å². The fraction of sp³-hybridized carbons (Fsp3) is 0.357. The van der Waals surface area contributed by atoms with Gasteiger partial charge in [0.15, 0.2) is 5.95 Å². The molecule has 0 aliphatic rings. The Kier molecular flexibility index (Phi) is 4.28. The fourth-order valence-electron chi connectivity index (χ4n) is 1.94. The first-order valence-electron chi connectivity index (χ1n) is 6.19. The molecule has 5 nitrogen and oxygen atoms in total. The number of H-pyrrole nitrogens is 1. The van der Waals surface area contributed by atoms with Gasteiger partial charge in [-0.2, -0.15) is 0 Å². The van der Waals surface area contributed by atoms with Crippen molar-refractivity contribution in [1.82, 2.24) is 9.97 Å². The Morgan fingerprint density at radius 1 is 1.21 bits per heavy atom. The summed E-state index contributed by atoms with van der Waals surface area (Å²) in [6.07, 6.45) is 3.62. The monoisotopic (exact) mass is 261 g/mol. The number of hydrogen-bond donors (Lipinski definition) is 2. The van der Waals surface area contributed by atoms with Crippen molar-refractivity contribution >= 4 is 5.95 Å². The summed E-state index contributed by atoms with van der Waals surface area (Å²) in [6.45, 7) is 0. The molecule has 1 aromatic heterocycles. The van der Waals surface area contributed by atoms with E-state index in [2.05, 4.69) is 15.3 Å². The minimum absolute atomic E-state index is 0.789. The highest BCUT2D eigenvalue weighted by molar-refractivity contribution is 5.41. The Morgan fingerprint density at radius 3 is 2.68 bits per heavy atom. The van der Waals surface area contributed by atoms with Crippen LogP contribution in [0.3, 0.4) is 0 Å². The van der Waals surface area contributed by atoms with Crippen LogP contribution in [-0.2, 0) is 12.8 Å². The van der Waals surface area contributed by atoms with E-state index in [4.69, 9.17) is 9.47 Å². The number of nitrogens with zero attached hydrogens (tertiary/aromatic N) is 1. The van der Waals surface area contributed by atoms with Crippen LogP contribution in [0, 0.1) is 0 Å². The lowest BCUT2D eigenvalue weighted by Gasteiger charge is -2.09. The molecule has 2 N–H and O–H groups in total. The average Bonchev–Trinajstić information content (AvgIpc) is 2.92. The predicted molar refractivity (Wildman–Crippen MR) is 75.1 cm³/mol. The molecular weight excluding hydrogens is 242 g/mol. The SMILES string of the molecule is CNc1ncc(CCc2ccc(OC)cc2OC)[nH]1. The summed E-state index contributed by atoms with van der Waals surface area (Å²) in [6, 6.07) is 5.89. The highest BCUT2D eigenvalue weighted by Crippen LogP contribution is 2.25. The summed E-state index contributed by atoms with van der Waals surface area (Å²) in [5, 5.41) is 2.98. The third-order valence-electron chi connectivity index (χ3n) is 3.02. The number of aromatic amines is 1. The van der Waals surface area contributed by atoms with Crippen molar-refractivity contribution in [2.24, 2.45) is 0 Å². The van der Waals surface area contributed by atoms with Crippen LogP contribution in [0.25, 0.3) is 0 Å². The second-order valence-electron chi connectivity index (χ2n) is 4.18. The molecule has 1 aromatic carbocycles. The quantitative estimate of drug-likeness (QED) is 0.837. The van der Waals surface area contributed by atoms with Crippen LogP contribution >= 0.6 is 0 Å². The molecular formula is C14H19N3O2. The largest absolute Gasteiger partial charge is 0.497 e. The molecule has 0 atom stereocenters. The van der Waals surface area contributed by atoms with Crippen LogP contribution in [0.15, 0.2) is 24.4 Å². The molecule has 0 spiro atoms. The lowest BCUT2D eigenvalue weighted by atomic mass is 10.1. The number of aryl methyl sites for hydroxylation is 2. The van der Waals surface area contributed by atoms with Crippen LogP contribution in [0.1, 0.15) is 11.3 Å². The number of methoxy groups -OCH3 is 2. The molecule has 0 saturated carbocycles. The summed E-state index contributed by atoms with van der Waals surface area (Å²) >= 11 is 0. The van der Waals surface area contributed by atoms with Crippen LogP contribution in [0.4, 0.5) is 5.95 Å². The summed E-state index contributed by atoms with van der Waals surface area (Å²) in [4.78, 5) is 7.40. The Morgan fingerprint density at radius 2 is 2.05 bits per heavy atom. The van der Waals surface area contributed by atoms with E-state index < -0.39 is 0 Å². The van der Waals surface area contributed by atoms with E-state index in [1.807, 2.05) is 31.4 Å². The number of hydrogen-bond acceptors (Lipinski definition) is 4. The number of aromatic nitrogens is 2. The second-order valence-corrected chi connectivity index (χ2v) is 4.18. The fourth-order valence-corrected chi connectivity index (χ4v) is 1.94. The highest BCUT2D eigenvalue weighted by Gasteiger charge is 2.06. The van der Waals surface area contributed by atoms with Crippen LogP contribution in [-0.4, -0.2) is 31.2 Å². The minimum Gasteiger partial charge on any atom is -0.497 e. The number of imidazole rings is 1. The van der Waals surface area contributed by atoms with Crippen LogP contribution < -0.4 is 14.8 Å². The van der Waals surface area contributed by atoms with E-state index in [0.717, 1.165) is 41.5 Å². The van der Waals surface area contributed by atoms with E-state index in [-0.39, 0.29) is 0 Å². The molecule has 5 heteroatoms. The molecule has 2 rings (SSSR count). The standard InChI is InChI=1S/C14H19N3O2/c1-15-14-16-9-11(17-14)6-4-10-5-7-12(18-2)8-13(10)19-3/h5,7-9H,4,6H2,1-3H3,(H2,15,16,17). The molecule has 0 aliphatic carbocycles. The van der Waals surface area contributed by atoms with Crippen LogP contribution in [0.2, 0.25) is 0 Å². The van der Waals surface area contributed by atoms with Crippen molar-refractivity contribution in [2.45, 2.75) is 12.8 Å². The Balaban J connectivity index is 2.06. The number of rotatable bonds is 6. The summed E-state index contributed by atoms with van der Waals surface area (Å²) in [7, 11) is 5.17. The Hall–Kier alpha value is -2.17. The van der Waals surface area contributed by atoms with Crippen LogP contribution in [0.5, 0.6) is 11.5 Å². The molecule has 19 heavy (non-hydrogen) atoms. The van der Waals surface area contributed by atoms with Crippen molar-refractivity contribution in [2.75, 3.05) is 26.6 Å². The first kappa shape index (κ1) is 13.3. The smallest absolute Gasteiger partial charge is 0.200 e. The third kappa shape index (κ3) is 3.19. The molecule has 2 aromatic rings. The van der Waals surface area contributed by atoms with Gasteiger partial charge < -0.3 is 19.8 Å². The molecule has 0 fully saturated rings. The van der Waals surface area contributed by atoms with Gasteiger partial charge in [0.2, 0.25) is 0 Å². The maximum atomic E-state index is 5.38. The van der Waals surface area contributed by atoms with E-state index >= 15 is 0 Å². The van der Waals surface area contributed by atoms with E-state index in [0.29, 0.717) is 0 Å². The van der Waals surface area contributed by atoms with Gasteiger partial charge in [-0.3, -0.25) is 0 Å². The third-order valence-corrected chi connectivity index (χ3v) is 3.02. The maximum absolute atomic E-state index is 5.38. The zero-order valence-electron chi connectivity index (χ0n) is 11.5. The van der Waals surface area contributed by atoms with E-state index in [1.165, 1.54) is 0 Å². The molecule has 0 saturated heterocycles. The van der Waals surface area contributed by atoms with Gasteiger partial charge in [-0.1, -0.05) is 6.07 Å². The molecule has 0 unspecified atom stereocenters. The molecule has 0 amide bonds. The maximum Gasteiger partial charge on any atom is 0.200 e. The first-order valence-corrected chi connectivity index (χ1v) is 6.19. The van der Waals surface area contributed by atoms with E-state index in [1.54, 1.807) is 14.2 Å². The topological polar surface area (TPSA) is 59.2 Å². The zero-order chi connectivity index (χ0) is 13.7. The molecule has 0 aliphatic heterocycles. The first-order chi connectivity index (χ1) is 9.26. The van der Waals surface area contributed by atoms with Crippen molar-refractivity contribution in [3.05, 3.63) is 35.7 Å². The number of anilines is 1. The van der Waals surface area contributed by atoms with Gasteiger partial charge >= 0.3 is 0 Å². The summed E-state index contributed by atoms with van der Waals surface area (Å²) < 4.78 is 10.6. The second kappa shape index (κ2) is 6.13. The predicted octanol–water partition coefficient (Wildman–Crippen LogP) is 2.25. The molecule has 1 heterocycles. The molecule has 0 bridgehead atoms. The minimum atomic E-state index is 0.789.